The zero-order valence-electron chi connectivity index (χ0n) is 23.0. The molecule has 6 rings (SSSR count). The number of aliphatic imine (C=N–C) groups is 1. The number of nitrogens with zero attached hydrogens (tertiary/aromatic N) is 5. The predicted octanol–water partition coefficient (Wildman–Crippen LogP) is 5.26. The maximum atomic E-state index is 6.13. The number of ether oxygens (including phenoxy) is 3. The van der Waals surface area contributed by atoms with E-state index in [1.165, 1.54) is 0 Å². The van der Waals surface area contributed by atoms with Crippen molar-refractivity contribution in [2.45, 2.75) is 32.9 Å². The second-order valence-corrected chi connectivity index (χ2v) is 10.1. The number of rotatable bonds is 10. The maximum absolute atomic E-state index is 6.13. The van der Waals surface area contributed by atoms with Gasteiger partial charge in [0.1, 0.15) is 17.3 Å². The average Bonchev–Trinajstić information content (AvgIpc) is 3.45. The first-order valence-corrected chi connectivity index (χ1v) is 13.9. The van der Waals surface area contributed by atoms with Gasteiger partial charge in [0, 0.05) is 41.9 Å². The molecule has 2 aromatic carbocycles. The lowest BCUT2D eigenvalue weighted by molar-refractivity contribution is -0.00200. The highest BCUT2D eigenvalue weighted by atomic mass is 16.5. The molecule has 0 saturated carbocycles. The standard InChI is InChI=1S/C31H34N6O3/c1-3-39-26-8-9-28-27(16-26)31(34-24-14-23-17-32-19-29(23)33-18-24)36-30(35-28)22-6-4-7-25(15-22)40-12-5-10-37-11-13-38-20-21(37)2/h4,6-9,14-18,21H,3,5,10-13,19-20H2,1-2H3,(H,34,35,36). The second kappa shape index (κ2) is 12.0. The van der Waals surface area contributed by atoms with Crippen molar-refractivity contribution in [2.24, 2.45) is 4.99 Å². The van der Waals surface area contributed by atoms with Crippen LogP contribution >= 0.6 is 0 Å². The van der Waals surface area contributed by atoms with Gasteiger partial charge in [0.05, 0.1) is 56.1 Å². The van der Waals surface area contributed by atoms with E-state index in [4.69, 9.17) is 24.2 Å². The van der Waals surface area contributed by atoms with Gasteiger partial charge in [0.15, 0.2) is 5.82 Å². The lowest BCUT2D eigenvalue weighted by Crippen LogP contribution is -2.44. The van der Waals surface area contributed by atoms with Crippen LogP contribution in [0.3, 0.4) is 0 Å². The molecule has 0 radical (unpaired) electrons. The fraction of sp³-hybridized carbons (Fsp3) is 0.355. The third-order valence-corrected chi connectivity index (χ3v) is 7.17. The minimum atomic E-state index is 0.454. The van der Waals surface area contributed by atoms with E-state index in [1.54, 1.807) is 0 Å². The molecule has 2 aliphatic rings. The third kappa shape index (κ3) is 5.90. The molecule has 1 unspecified atom stereocenters. The van der Waals surface area contributed by atoms with Crippen LogP contribution in [0.15, 0.2) is 59.7 Å². The predicted molar refractivity (Wildman–Crippen MR) is 157 cm³/mol. The Bertz CT molecular complexity index is 1520. The molecule has 1 saturated heterocycles. The molecule has 0 aliphatic carbocycles. The molecule has 0 spiro atoms. The van der Waals surface area contributed by atoms with Crippen molar-refractivity contribution >= 4 is 28.6 Å². The molecule has 0 bridgehead atoms. The zero-order valence-corrected chi connectivity index (χ0v) is 23.0. The van der Waals surface area contributed by atoms with Crippen molar-refractivity contribution in [1.82, 2.24) is 19.9 Å². The van der Waals surface area contributed by atoms with E-state index in [0.717, 1.165) is 77.6 Å². The molecule has 4 aromatic rings. The summed E-state index contributed by atoms with van der Waals surface area (Å²) in [6.07, 6.45) is 4.63. The number of anilines is 2. The first-order chi connectivity index (χ1) is 19.7. The first kappa shape index (κ1) is 26.2. The van der Waals surface area contributed by atoms with Gasteiger partial charge < -0.3 is 19.5 Å². The van der Waals surface area contributed by atoms with Crippen LogP contribution in [0.25, 0.3) is 22.3 Å². The van der Waals surface area contributed by atoms with Gasteiger partial charge in [-0.15, -0.1) is 0 Å². The highest BCUT2D eigenvalue weighted by Gasteiger charge is 2.18. The summed E-state index contributed by atoms with van der Waals surface area (Å²) in [5.74, 6) is 2.88. The van der Waals surface area contributed by atoms with E-state index in [1.807, 2.05) is 67.9 Å². The van der Waals surface area contributed by atoms with E-state index >= 15 is 0 Å². The van der Waals surface area contributed by atoms with Gasteiger partial charge in [-0.2, -0.15) is 0 Å². The summed E-state index contributed by atoms with van der Waals surface area (Å²) in [6, 6.07) is 16.4. The quantitative estimate of drug-likeness (QED) is 0.274. The maximum Gasteiger partial charge on any atom is 0.162 e. The number of hydrogen-bond donors (Lipinski definition) is 1. The minimum absolute atomic E-state index is 0.454. The third-order valence-electron chi connectivity index (χ3n) is 7.17. The summed E-state index contributed by atoms with van der Waals surface area (Å²) in [7, 11) is 0. The molecule has 1 fully saturated rings. The topological polar surface area (TPSA) is 94.0 Å². The number of fused-ring (bicyclic) bond motifs is 2. The normalized spacial score (nSPS) is 16.7. The van der Waals surface area contributed by atoms with Crippen LogP contribution in [-0.2, 0) is 11.3 Å². The molecule has 206 valence electrons. The largest absolute Gasteiger partial charge is 0.494 e. The van der Waals surface area contributed by atoms with Crippen molar-refractivity contribution in [3.63, 3.8) is 0 Å². The van der Waals surface area contributed by atoms with Crippen molar-refractivity contribution < 1.29 is 14.2 Å². The van der Waals surface area contributed by atoms with Gasteiger partial charge in [-0.05, 0) is 56.7 Å². The van der Waals surface area contributed by atoms with Crippen LogP contribution in [0, 0.1) is 0 Å². The number of nitrogens with one attached hydrogen (secondary N) is 1. The van der Waals surface area contributed by atoms with Gasteiger partial charge in [-0.1, -0.05) is 12.1 Å². The van der Waals surface area contributed by atoms with Crippen LogP contribution in [0.2, 0.25) is 0 Å². The lowest BCUT2D eigenvalue weighted by Gasteiger charge is -2.33. The molecule has 2 aliphatic heterocycles. The molecule has 1 N–H and O–H groups in total. The average molecular weight is 539 g/mol. The van der Waals surface area contributed by atoms with Crippen molar-refractivity contribution in [3.8, 4) is 22.9 Å². The van der Waals surface area contributed by atoms with E-state index < -0.39 is 0 Å². The van der Waals surface area contributed by atoms with Crippen molar-refractivity contribution in [3.05, 3.63) is 66.0 Å². The van der Waals surface area contributed by atoms with Gasteiger partial charge in [0.2, 0.25) is 0 Å². The van der Waals surface area contributed by atoms with Gasteiger partial charge in [0.25, 0.3) is 0 Å². The SMILES string of the molecule is CCOc1ccc2nc(-c3cccc(OCCCN4CCOCC4C)c3)nc(Nc3cnc4c(c3)C=NC4)c2c1. The van der Waals surface area contributed by atoms with Crippen LogP contribution in [0.5, 0.6) is 11.5 Å². The summed E-state index contributed by atoms with van der Waals surface area (Å²) in [4.78, 5) is 21.2. The molecule has 4 heterocycles. The zero-order chi connectivity index (χ0) is 27.3. The Balaban J connectivity index is 1.24. The van der Waals surface area contributed by atoms with E-state index in [9.17, 15) is 0 Å². The summed E-state index contributed by atoms with van der Waals surface area (Å²) in [5, 5.41) is 4.34. The molecule has 0 amide bonds. The molecular formula is C31H34N6O3. The van der Waals surface area contributed by atoms with E-state index in [-0.39, 0.29) is 0 Å². The molecule has 1 atom stereocenters. The highest BCUT2D eigenvalue weighted by molar-refractivity contribution is 5.94. The molecular weight excluding hydrogens is 504 g/mol. The Hall–Kier alpha value is -4.08. The molecule has 9 heteroatoms. The smallest absolute Gasteiger partial charge is 0.162 e. The Morgan fingerprint density at radius 3 is 2.90 bits per heavy atom. The van der Waals surface area contributed by atoms with Crippen LogP contribution in [-0.4, -0.2) is 71.6 Å². The Morgan fingerprint density at radius 1 is 1.07 bits per heavy atom. The number of morpholine rings is 1. The number of hydrogen-bond acceptors (Lipinski definition) is 9. The number of pyridine rings is 1. The minimum Gasteiger partial charge on any atom is -0.494 e. The summed E-state index contributed by atoms with van der Waals surface area (Å²) < 4.78 is 17.4. The lowest BCUT2D eigenvalue weighted by atomic mass is 10.1. The van der Waals surface area contributed by atoms with Crippen molar-refractivity contribution in [1.29, 1.82) is 0 Å². The van der Waals surface area contributed by atoms with E-state index in [2.05, 4.69) is 27.1 Å². The van der Waals surface area contributed by atoms with Crippen LogP contribution in [0.4, 0.5) is 11.5 Å². The van der Waals surface area contributed by atoms with Gasteiger partial charge in [-0.25, -0.2) is 9.97 Å². The van der Waals surface area contributed by atoms with Crippen LogP contribution in [0.1, 0.15) is 31.5 Å². The Labute approximate surface area is 234 Å². The molecule has 9 nitrogen and oxygen atoms in total. The van der Waals surface area contributed by atoms with Gasteiger partial charge >= 0.3 is 0 Å². The first-order valence-electron chi connectivity index (χ1n) is 13.9. The van der Waals surface area contributed by atoms with Crippen molar-refractivity contribution in [2.75, 3.05) is 44.8 Å². The monoisotopic (exact) mass is 538 g/mol. The fourth-order valence-electron chi connectivity index (χ4n) is 5.05. The van der Waals surface area contributed by atoms with E-state index in [0.29, 0.717) is 37.4 Å². The fourth-order valence-corrected chi connectivity index (χ4v) is 5.05. The summed E-state index contributed by atoms with van der Waals surface area (Å²) >= 11 is 0. The molecule has 2 aromatic heterocycles. The number of benzene rings is 2. The second-order valence-electron chi connectivity index (χ2n) is 10.1. The summed E-state index contributed by atoms with van der Waals surface area (Å²) in [6.45, 7) is 9.62. The number of aromatic nitrogens is 3. The Morgan fingerprint density at radius 2 is 2.00 bits per heavy atom. The summed E-state index contributed by atoms with van der Waals surface area (Å²) in [5.41, 5.74) is 4.54. The molecule has 40 heavy (non-hydrogen) atoms. The Kier molecular flexibility index (Phi) is 7.83. The highest BCUT2D eigenvalue weighted by Crippen LogP contribution is 2.31. The van der Waals surface area contributed by atoms with Gasteiger partial charge in [-0.3, -0.25) is 14.9 Å². The van der Waals surface area contributed by atoms with Crippen LogP contribution < -0.4 is 14.8 Å².